The first-order valence-corrected chi connectivity index (χ1v) is 7.63. The van der Waals surface area contributed by atoms with Crippen molar-refractivity contribution in [2.45, 2.75) is 19.9 Å². The molecule has 1 aliphatic heterocycles. The van der Waals surface area contributed by atoms with Crippen molar-refractivity contribution in [3.63, 3.8) is 0 Å². The lowest BCUT2D eigenvalue weighted by atomic mass is 10.1. The second-order valence-electron chi connectivity index (χ2n) is 5.28. The van der Waals surface area contributed by atoms with Crippen LogP contribution in [-0.2, 0) is 13.0 Å². The number of ketones is 1. The highest BCUT2D eigenvalue weighted by molar-refractivity contribution is 6.42. The normalized spacial score (nSPS) is 13.4. The van der Waals surface area contributed by atoms with Crippen molar-refractivity contribution < 1.29 is 4.79 Å². The SMILES string of the molecule is CC(=O)c1ccc2c(c1)CCN2Cc1cccc(Cl)c1Cl. The van der Waals surface area contributed by atoms with Crippen molar-refractivity contribution >= 4 is 34.7 Å². The number of benzene rings is 2. The molecule has 1 heterocycles. The van der Waals surface area contributed by atoms with Crippen LogP contribution in [0.2, 0.25) is 10.0 Å². The smallest absolute Gasteiger partial charge is 0.159 e. The summed E-state index contributed by atoms with van der Waals surface area (Å²) in [5.41, 5.74) is 4.20. The lowest BCUT2D eigenvalue weighted by Gasteiger charge is -2.20. The third-order valence-corrected chi connectivity index (χ3v) is 4.73. The molecule has 0 fully saturated rings. The number of Topliss-reactive ketones (excluding diaryl/α,β-unsaturated/α-hetero) is 1. The summed E-state index contributed by atoms with van der Waals surface area (Å²) in [6, 6.07) is 11.6. The fourth-order valence-corrected chi connectivity index (χ4v) is 3.11. The predicted molar refractivity (Wildman–Crippen MR) is 87.7 cm³/mol. The topological polar surface area (TPSA) is 20.3 Å². The van der Waals surface area contributed by atoms with Gasteiger partial charge in [0.25, 0.3) is 0 Å². The number of anilines is 1. The second kappa shape index (κ2) is 5.70. The van der Waals surface area contributed by atoms with E-state index in [0.29, 0.717) is 10.0 Å². The Morgan fingerprint density at radius 3 is 2.81 bits per heavy atom. The molecule has 1 aliphatic rings. The minimum atomic E-state index is 0.106. The van der Waals surface area contributed by atoms with Gasteiger partial charge in [0.1, 0.15) is 0 Å². The lowest BCUT2D eigenvalue weighted by molar-refractivity contribution is 0.101. The number of nitrogens with zero attached hydrogens (tertiary/aromatic N) is 1. The Hall–Kier alpha value is -1.51. The van der Waals surface area contributed by atoms with Crippen molar-refractivity contribution in [1.82, 2.24) is 0 Å². The predicted octanol–water partition coefficient (Wildman–Crippen LogP) is 4.76. The number of hydrogen-bond acceptors (Lipinski definition) is 2. The van der Waals surface area contributed by atoms with Crippen molar-refractivity contribution in [2.75, 3.05) is 11.4 Å². The highest BCUT2D eigenvalue weighted by Gasteiger charge is 2.21. The molecule has 4 heteroatoms. The van der Waals surface area contributed by atoms with E-state index in [2.05, 4.69) is 4.90 Å². The molecule has 0 unspecified atom stereocenters. The van der Waals surface area contributed by atoms with Crippen LogP contribution < -0.4 is 4.90 Å². The number of halogens is 2. The summed E-state index contributed by atoms with van der Waals surface area (Å²) >= 11 is 12.3. The summed E-state index contributed by atoms with van der Waals surface area (Å²) in [5.74, 6) is 0.106. The van der Waals surface area contributed by atoms with E-state index in [-0.39, 0.29) is 5.78 Å². The minimum absolute atomic E-state index is 0.106. The van der Waals surface area contributed by atoms with Crippen molar-refractivity contribution in [3.05, 3.63) is 63.1 Å². The first-order valence-electron chi connectivity index (χ1n) is 6.88. The average Bonchev–Trinajstić information content (AvgIpc) is 2.86. The van der Waals surface area contributed by atoms with E-state index >= 15 is 0 Å². The molecule has 2 aromatic carbocycles. The van der Waals surface area contributed by atoms with E-state index in [0.717, 1.165) is 30.6 Å². The summed E-state index contributed by atoms with van der Waals surface area (Å²) in [5, 5.41) is 1.20. The van der Waals surface area contributed by atoms with Crippen LogP contribution in [0.1, 0.15) is 28.4 Å². The third-order valence-electron chi connectivity index (χ3n) is 3.87. The Morgan fingerprint density at radius 1 is 1.24 bits per heavy atom. The van der Waals surface area contributed by atoms with Gasteiger partial charge in [-0.1, -0.05) is 35.3 Å². The minimum Gasteiger partial charge on any atom is -0.367 e. The maximum atomic E-state index is 11.5. The third kappa shape index (κ3) is 2.78. The first-order chi connectivity index (χ1) is 10.1. The van der Waals surface area contributed by atoms with Crippen LogP contribution in [0.15, 0.2) is 36.4 Å². The van der Waals surface area contributed by atoms with Crippen LogP contribution in [0.5, 0.6) is 0 Å². The molecule has 2 nitrogen and oxygen atoms in total. The zero-order valence-corrected chi connectivity index (χ0v) is 13.2. The maximum absolute atomic E-state index is 11.5. The van der Waals surface area contributed by atoms with E-state index in [1.54, 1.807) is 13.0 Å². The highest BCUT2D eigenvalue weighted by atomic mass is 35.5. The van der Waals surface area contributed by atoms with E-state index in [4.69, 9.17) is 23.2 Å². The zero-order chi connectivity index (χ0) is 15.0. The molecule has 0 atom stereocenters. The number of fused-ring (bicyclic) bond motifs is 1. The molecule has 2 aromatic rings. The van der Waals surface area contributed by atoms with Crippen molar-refractivity contribution in [3.8, 4) is 0 Å². The number of rotatable bonds is 3. The molecule has 0 amide bonds. The van der Waals surface area contributed by atoms with Crippen molar-refractivity contribution in [1.29, 1.82) is 0 Å². The van der Waals surface area contributed by atoms with Gasteiger partial charge in [-0.25, -0.2) is 0 Å². The number of carbonyl (C=O) groups is 1. The van der Waals surface area contributed by atoms with Crippen LogP contribution in [0.4, 0.5) is 5.69 Å². The quantitative estimate of drug-likeness (QED) is 0.760. The maximum Gasteiger partial charge on any atom is 0.159 e. The highest BCUT2D eigenvalue weighted by Crippen LogP contribution is 2.33. The van der Waals surface area contributed by atoms with Gasteiger partial charge in [0.2, 0.25) is 0 Å². The number of hydrogen-bond donors (Lipinski definition) is 0. The standard InChI is InChI=1S/C17H15Cl2NO/c1-11(21)12-5-6-16-13(9-12)7-8-20(16)10-14-3-2-4-15(18)17(14)19/h2-6,9H,7-8,10H2,1H3. The Labute approximate surface area is 134 Å². The van der Waals surface area contributed by atoms with Gasteiger partial charge in [0, 0.05) is 24.3 Å². The van der Waals surface area contributed by atoms with Crippen LogP contribution in [-0.4, -0.2) is 12.3 Å². The van der Waals surface area contributed by atoms with Crippen LogP contribution in [0.25, 0.3) is 0 Å². The summed E-state index contributed by atoms with van der Waals surface area (Å²) < 4.78 is 0. The molecule has 108 valence electrons. The molecule has 0 aliphatic carbocycles. The molecule has 0 spiro atoms. The molecule has 3 rings (SSSR count). The molecular formula is C17H15Cl2NO. The van der Waals surface area contributed by atoms with Gasteiger partial charge < -0.3 is 4.90 Å². The largest absolute Gasteiger partial charge is 0.367 e. The second-order valence-corrected chi connectivity index (χ2v) is 6.07. The van der Waals surface area contributed by atoms with E-state index in [1.165, 1.54) is 11.3 Å². The van der Waals surface area contributed by atoms with Gasteiger partial charge >= 0.3 is 0 Å². The average molecular weight is 320 g/mol. The van der Waals surface area contributed by atoms with Gasteiger partial charge in [0.15, 0.2) is 5.78 Å². The summed E-state index contributed by atoms with van der Waals surface area (Å²) in [6.45, 7) is 3.26. The molecule has 0 saturated heterocycles. The van der Waals surface area contributed by atoms with E-state index in [9.17, 15) is 4.79 Å². The molecule has 0 bridgehead atoms. The van der Waals surface area contributed by atoms with Crippen molar-refractivity contribution in [2.24, 2.45) is 0 Å². The van der Waals surface area contributed by atoms with Gasteiger partial charge in [0.05, 0.1) is 10.0 Å². The van der Waals surface area contributed by atoms with Crippen LogP contribution in [0, 0.1) is 0 Å². The summed E-state index contributed by atoms with van der Waals surface area (Å²) in [4.78, 5) is 13.7. The summed E-state index contributed by atoms with van der Waals surface area (Å²) in [6.07, 6.45) is 0.953. The van der Waals surface area contributed by atoms with Crippen LogP contribution >= 0.6 is 23.2 Å². The van der Waals surface area contributed by atoms with Gasteiger partial charge in [-0.2, -0.15) is 0 Å². The van der Waals surface area contributed by atoms with Crippen LogP contribution in [0.3, 0.4) is 0 Å². The molecule has 21 heavy (non-hydrogen) atoms. The molecule has 0 radical (unpaired) electrons. The Bertz CT molecular complexity index is 712. The molecule has 0 N–H and O–H groups in total. The molecular weight excluding hydrogens is 305 g/mol. The Balaban J connectivity index is 1.88. The fraction of sp³-hybridized carbons (Fsp3) is 0.235. The van der Waals surface area contributed by atoms with Gasteiger partial charge in [-0.05, 0) is 48.7 Å². The Morgan fingerprint density at radius 2 is 2.05 bits per heavy atom. The fourth-order valence-electron chi connectivity index (χ4n) is 2.73. The molecule has 0 aromatic heterocycles. The van der Waals surface area contributed by atoms with Gasteiger partial charge in [-0.3, -0.25) is 4.79 Å². The summed E-state index contributed by atoms with van der Waals surface area (Å²) in [7, 11) is 0. The first kappa shape index (κ1) is 14.4. The lowest BCUT2D eigenvalue weighted by Crippen LogP contribution is -2.19. The van der Waals surface area contributed by atoms with Gasteiger partial charge in [-0.15, -0.1) is 0 Å². The number of carbonyl (C=O) groups excluding carboxylic acids is 1. The van der Waals surface area contributed by atoms with E-state index in [1.807, 2.05) is 30.3 Å². The monoisotopic (exact) mass is 319 g/mol. The zero-order valence-electron chi connectivity index (χ0n) is 11.7. The van der Waals surface area contributed by atoms with E-state index < -0.39 is 0 Å². The Kier molecular flexibility index (Phi) is 3.92. The molecule has 0 saturated carbocycles.